The van der Waals surface area contributed by atoms with E-state index in [0.29, 0.717) is 23.5 Å². The Kier molecular flexibility index (Phi) is 5.01. The van der Waals surface area contributed by atoms with Crippen molar-refractivity contribution in [2.75, 3.05) is 6.61 Å². The minimum Gasteiger partial charge on any atom is -0.361 e. The number of fused-ring (bicyclic) bond motifs is 2. The van der Waals surface area contributed by atoms with E-state index in [-0.39, 0.29) is 5.56 Å². The minimum atomic E-state index is -1.12. The number of hydrogen-bond donors (Lipinski definition) is 1. The number of hydrogen-bond acceptors (Lipinski definition) is 6. The van der Waals surface area contributed by atoms with E-state index >= 15 is 0 Å². The van der Waals surface area contributed by atoms with E-state index in [1.54, 1.807) is 12.3 Å². The lowest BCUT2D eigenvalue weighted by Gasteiger charge is -2.15. The van der Waals surface area contributed by atoms with Crippen molar-refractivity contribution in [3.8, 4) is 11.3 Å². The van der Waals surface area contributed by atoms with Crippen LogP contribution < -0.4 is 5.56 Å². The van der Waals surface area contributed by atoms with Gasteiger partial charge in [-0.05, 0) is 31.2 Å². The summed E-state index contributed by atoms with van der Waals surface area (Å²) in [6, 6.07) is 6.68. The normalized spacial score (nSPS) is 12.1. The number of H-pyrrole nitrogens is 1. The molecule has 0 saturated carbocycles. The van der Waals surface area contributed by atoms with Gasteiger partial charge in [0.15, 0.2) is 11.2 Å². The zero-order chi connectivity index (χ0) is 20.6. The molecule has 150 valence electrons. The summed E-state index contributed by atoms with van der Waals surface area (Å²) in [6.45, 7) is 10.1. The van der Waals surface area contributed by atoms with Gasteiger partial charge < -0.3 is 9.72 Å². The number of aromatic amines is 1. The van der Waals surface area contributed by atoms with Crippen molar-refractivity contribution in [1.82, 2.24) is 29.5 Å². The number of ether oxygens (including phenoxy) is 1. The molecule has 0 unspecified atom stereocenters. The third-order valence-electron chi connectivity index (χ3n) is 4.78. The van der Waals surface area contributed by atoms with Crippen LogP contribution in [0, 0.1) is 6.92 Å². The van der Waals surface area contributed by atoms with Crippen LogP contribution >= 0.6 is 0 Å². The Morgan fingerprint density at radius 3 is 2.76 bits per heavy atom. The lowest BCUT2D eigenvalue weighted by atomic mass is 10.1. The highest BCUT2D eigenvalue weighted by Crippen LogP contribution is 2.23. The van der Waals surface area contributed by atoms with Crippen molar-refractivity contribution in [2.24, 2.45) is 0 Å². The third kappa shape index (κ3) is 4.10. The molecule has 0 spiro atoms. The largest absolute Gasteiger partial charge is 0.361 e. The fourth-order valence-electron chi connectivity index (χ4n) is 3.07. The molecule has 4 rings (SSSR count). The molecule has 0 aliphatic heterocycles. The predicted molar refractivity (Wildman–Crippen MR) is 116 cm³/mol. The van der Waals surface area contributed by atoms with Crippen LogP contribution in [0.1, 0.15) is 5.82 Å². The maximum absolute atomic E-state index is 12.0. The third-order valence-corrected chi connectivity index (χ3v) is 6.48. The summed E-state index contributed by atoms with van der Waals surface area (Å²) < 4.78 is 7.86. The summed E-state index contributed by atoms with van der Waals surface area (Å²) in [4.78, 5) is 32.4. The predicted octanol–water partition coefficient (Wildman–Crippen LogP) is 3.35. The van der Waals surface area contributed by atoms with Crippen LogP contribution in [0.3, 0.4) is 0 Å². The maximum atomic E-state index is 12.0. The van der Waals surface area contributed by atoms with Gasteiger partial charge in [0.2, 0.25) is 0 Å². The number of imidazole rings is 1. The molecule has 4 aromatic rings. The summed E-state index contributed by atoms with van der Waals surface area (Å²) in [7, 11) is -1.12. The van der Waals surface area contributed by atoms with Gasteiger partial charge in [0.1, 0.15) is 18.1 Å². The van der Waals surface area contributed by atoms with E-state index in [4.69, 9.17) is 4.74 Å². The van der Waals surface area contributed by atoms with Crippen LogP contribution in [-0.2, 0) is 11.5 Å². The molecule has 4 aromatic heterocycles. The van der Waals surface area contributed by atoms with Gasteiger partial charge >= 0.3 is 0 Å². The van der Waals surface area contributed by atoms with Gasteiger partial charge in [-0.15, -0.1) is 0 Å². The first-order valence-corrected chi connectivity index (χ1v) is 13.3. The maximum Gasteiger partial charge on any atom is 0.277 e. The molecule has 0 aliphatic rings. The molecular weight excluding hydrogens is 384 g/mol. The second-order valence-electron chi connectivity index (χ2n) is 8.30. The van der Waals surface area contributed by atoms with E-state index in [1.165, 1.54) is 6.33 Å². The first-order valence-electron chi connectivity index (χ1n) is 9.57. The van der Waals surface area contributed by atoms with Gasteiger partial charge in [-0.3, -0.25) is 9.36 Å². The molecule has 0 aliphatic carbocycles. The van der Waals surface area contributed by atoms with Crippen molar-refractivity contribution < 1.29 is 4.74 Å². The molecule has 8 nitrogen and oxygen atoms in total. The quantitative estimate of drug-likeness (QED) is 0.388. The van der Waals surface area contributed by atoms with Crippen molar-refractivity contribution in [2.45, 2.75) is 39.3 Å². The topological polar surface area (TPSA) is 98.6 Å². The number of nitrogens with one attached hydrogen (secondary N) is 1. The lowest BCUT2D eigenvalue weighted by molar-refractivity contribution is 0.0881. The second kappa shape index (κ2) is 7.49. The van der Waals surface area contributed by atoms with Crippen LogP contribution in [0.5, 0.6) is 0 Å². The van der Waals surface area contributed by atoms with Gasteiger partial charge in [-0.1, -0.05) is 19.6 Å². The molecular formula is C20H24N6O2Si. The molecule has 29 heavy (non-hydrogen) atoms. The van der Waals surface area contributed by atoms with Crippen LogP contribution in [-0.4, -0.2) is 44.2 Å². The zero-order valence-electron chi connectivity index (χ0n) is 17.1. The van der Waals surface area contributed by atoms with E-state index in [1.807, 2.05) is 23.6 Å². The molecule has 0 amide bonds. The number of aryl methyl sites for hydroxylation is 1. The molecule has 0 saturated heterocycles. The Morgan fingerprint density at radius 2 is 1.97 bits per heavy atom. The highest BCUT2D eigenvalue weighted by Gasteiger charge is 2.14. The van der Waals surface area contributed by atoms with Crippen LogP contribution in [0.2, 0.25) is 25.7 Å². The summed E-state index contributed by atoms with van der Waals surface area (Å²) in [5, 5.41) is 0. The van der Waals surface area contributed by atoms with E-state index < -0.39 is 8.07 Å². The molecule has 4 heterocycles. The van der Waals surface area contributed by atoms with Gasteiger partial charge in [0.25, 0.3) is 5.56 Å². The summed E-state index contributed by atoms with van der Waals surface area (Å²) in [6.07, 6.45) is 3.13. The van der Waals surface area contributed by atoms with Crippen molar-refractivity contribution in [3.63, 3.8) is 0 Å². The molecule has 0 atom stereocenters. The molecule has 9 heteroatoms. The summed E-state index contributed by atoms with van der Waals surface area (Å²) >= 11 is 0. The van der Waals surface area contributed by atoms with Crippen molar-refractivity contribution in [1.29, 1.82) is 0 Å². The fraction of sp³-hybridized carbons (Fsp3) is 0.350. The van der Waals surface area contributed by atoms with Crippen molar-refractivity contribution >= 4 is 30.3 Å². The first kappa shape index (κ1) is 19.4. The van der Waals surface area contributed by atoms with E-state index in [2.05, 4.69) is 44.6 Å². The van der Waals surface area contributed by atoms with Crippen LogP contribution in [0.25, 0.3) is 33.5 Å². The van der Waals surface area contributed by atoms with E-state index in [0.717, 1.165) is 35.2 Å². The Labute approximate surface area is 169 Å². The Bertz CT molecular complexity index is 1240. The minimum absolute atomic E-state index is 0.263. The van der Waals surface area contributed by atoms with Gasteiger partial charge in [0.05, 0.1) is 17.5 Å². The number of pyridine rings is 2. The number of nitrogens with zero attached hydrogens (tertiary/aromatic N) is 5. The van der Waals surface area contributed by atoms with Crippen LogP contribution in [0.15, 0.2) is 35.5 Å². The molecule has 0 bridgehead atoms. The van der Waals surface area contributed by atoms with Gasteiger partial charge in [0, 0.05) is 26.4 Å². The smallest absolute Gasteiger partial charge is 0.277 e. The highest BCUT2D eigenvalue weighted by atomic mass is 28.3. The first-order chi connectivity index (χ1) is 13.8. The number of aromatic nitrogens is 6. The van der Waals surface area contributed by atoms with Gasteiger partial charge in [-0.25, -0.2) is 19.9 Å². The molecule has 0 fully saturated rings. The Hall–Kier alpha value is -2.91. The highest BCUT2D eigenvalue weighted by molar-refractivity contribution is 6.76. The standard InChI is InChI=1S/C20H24N6O2Si/c1-13-24-17-9-14(15-5-6-16-18(25-15)20(27)23-11-22-16)10-21-19(17)26(13)12-28-7-8-29(2,3)4/h5-6,9-11H,7-8,12H2,1-4H3,(H,22,23,27). The summed E-state index contributed by atoms with van der Waals surface area (Å²) in [5.74, 6) is 0.852. The zero-order valence-corrected chi connectivity index (χ0v) is 18.1. The second-order valence-corrected chi connectivity index (χ2v) is 13.9. The Morgan fingerprint density at radius 1 is 1.14 bits per heavy atom. The monoisotopic (exact) mass is 408 g/mol. The summed E-state index contributed by atoms with van der Waals surface area (Å²) in [5.41, 5.74) is 3.61. The number of rotatable bonds is 6. The van der Waals surface area contributed by atoms with E-state index in [9.17, 15) is 4.79 Å². The Balaban J connectivity index is 1.62. The molecule has 0 aromatic carbocycles. The average molecular weight is 409 g/mol. The average Bonchev–Trinajstić information content (AvgIpc) is 2.99. The SMILES string of the molecule is Cc1nc2cc(-c3ccc4nc[nH]c(=O)c4n3)cnc2n1COCC[Si](C)(C)C. The van der Waals surface area contributed by atoms with Crippen molar-refractivity contribution in [3.05, 3.63) is 46.9 Å². The molecule has 0 radical (unpaired) electrons. The molecule has 1 N–H and O–H groups in total. The fourth-order valence-corrected chi connectivity index (χ4v) is 3.82. The lowest BCUT2D eigenvalue weighted by Crippen LogP contribution is -2.22. The van der Waals surface area contributed by atoms with Gasteiger partial charge in [-0.2, -0.15) is 0 Å². The van der Waals surface area contributed by atoms with Crippen LogP contribution in [0.4, 0.5) is 0 Å².